The van der Waals surface area contributed by atoms with E-state index in [-0.39, 0.29) is 6.16 Å². The Bertz CT molecular complexity index is 687. The first-order valence-corrected chi connectivity index (χ1v) is 10.3. The minimum atomic E-state index is -3.22. The lowest BCUT2D eigenvalue weighted by Gasteiger charge is -2.20. The quantitative estimate of drug-likeness (QED) is 0.443. The van der Waals surface area contributed by atoms with E-state index in [9.17, 15) is 9.36 Å². The largest absolute Gasteiger partial charge is 0.331 e. The molecule has 0 aromatic heterocycles. The normalized spacial score (nSPS) is 12.7. The van der Waals surface area contributed by atoms with Crippen molar-refractivity contribution in [1.29, 1.82) is 0 Å². The summed E-state index contributed by atoms with van der Waals surface area (Å²) in [5.74, 6) is -0.397. The fourth-order valence-electron chi connectivity index (χ4n) is 2.75. The number of benzene rings is 2. The van der Waals surface area contributed by atoms with Crippen LogP contribution in [0, 0.1) is 5.92 Å². The molecule has 0 aliphatic carbocycles. The first-order chi connectivity index (χ1) is 12.1. The highest BCUT2D eigenvalue weighted by atomic mass is 31.2. The molecular weight excluding hydrogens is 335 g/mol. The first-order valence-electron chi connectivity index (χ1n) is 8.58. The third-order valence-electron chi connectivity index (χ3n) is 3.86. The summed E-state index contributed by atoms with van der Waals surface area (Å²) < 4.78 is 23.2. The van der Waals surface area contributed by atoms with Gasteiger partial charge in [-0.05, 0) is 37.0 Å². The van der Waals surface area contributed by atoms with Gasteiger partial charge in [-0.25, -0.2) is 0 Å². The van der Waals surface area contributed by atoms with Gasteiger partial charge in [0, 0.05) is 5.92 Å². The Morgan fingerprint density at radius 3 is 2.00 bits per heavy atom. The Hall–Kier alpha value is -1.74. The molecule has 0 saturated carbocycles. The molecule has 25 heavy (non-hydrogen) atoms. The molecule has 1 unspecified atom stereocenters. The van der Waals surface area contributed by atoms with Crippen LogP contribution in [0.15, 0.2) is 54.6 Å². The van der Waals surface area contributed by atoms with E-state index in [2.05, 4.69) is 12.1 Å². The lowest BCUT2D eigenvalue weighted by molar-refractivity contribution is -0.110. The lowest BCUT2D eigenvalue weighted by Crippen LogP contribution is -2.14. The standard InChI is InChI=1S/C20H25O4P/c1-3-23-25(22,24-4-2)16-18(15-21)14-17-10-12-20(13-11-17)19-8-6-5-7-9-19/h5-13,15,18H,3-4,14,16H2,1-2H3. The fraction of sp³-hybridized carbons (Fsp3) is 0.350. The van der Waals surface area contributed by atoms with Crippen LogP contribution >= 0.6 is 7.60 Å². The van der Waals surface area contributed by atoms with Gasteiger partial charge in [-0.15, -0.1) is 0 Å². The van der Waals surface area contributed by atoms with Crippen LogP contribution in [0.4, 0.5) is 0 Å². The molecule has 0 N–H and O–H groups in total. The summed E-state index contributed by atoms with van der Waals surface area (Å²) in [6, 6.07) is 18.2. The Morgan fingerprint density at radius 1 is 0.920 bits per heavy atom. The predicted molar refractivity (Wildman–Crippen MR) is 101 cm³/mol. The monoisotopic (exact) mass is 360 g/mol. The SMILES string of the molecule is CCOP(=O)(CC(C=O)Cc1ccc(-c2ccccc2)cc1)OCC. The average molecular weight is 360 g/mol. The zero-order chi connectivity index (χ0) is 18.1. The van der Waals surface area contributed by atoms with E-state index in [1.54, 1.807) is 13.8 Å². The minimum Gasteiger partial charge on any atom is -0.309 e. The molecule has 5 heteroatoms. The van der Waals surface area contributed by atoms with Crippen molar-refractivity contribution in [1.82, 2.24) is 0 Å². The Kier molecular flexibility index (Phi) is 7.57. The number of carbonyl (C=O) groups excluding carboxylic acids is 1. The van der Waals surface area contributed by atoms with Crippen molar-refractivity contribution in [3.8, 4) is 11.1 Å². The Labute approximate surface area is 149 Å². The van der Waals surface area contributed by atoms with Crippen LogP contribution in [0.25, 0.3) is 11.1 Å². The maximum Gasteiger partial charge on any atom is 0.331 e. The maximum atomic E-state index is 12.6. The van der Waals surface area contributed by atoms with E-state index in [0.717, 1.165) is 23.0 Å². The van der Waals surface area contributed by atoms with Gasteiger partial charge < -0.3 is 13.8 Å². The maximum absolute atomic E-state index is 12.6. The zero-order valence-electron chi connectivity index (χ0n) is 14.8. The van der Waals surface area contributed by atoms with Crippen LogP contribution in [0.2, 0.25) is 0 Å². The highest BCUT2D eigenvalue weighted by Crippen LogP contribution is 2.49. The molecule has 2 aromatic carbocycles. The summed E-state index contributed by atoms with van der Waals surface area (Å²) in [5.41, 5.74) is 3.30. The highest BCUT2D eigenvalue weighted by Gasteiger charge is 2.28. The van der Waals surface area contributed by atoms with Crippen LogP contribution in [0.3, 0.4) is 0 Å². The summed E-state index contributed by atoms with van der Waals surface area (Å²) >= 11 is 0. The van der Waals surface area contributed by atoms with Gasteiger partial charge >= 0.3 is 7.60 Å². The molecule has 4 nitrogen and oxygen atoms in total. The van der Waals surface area contributed by atoms with Crippen LogP contribution in [0.5, 0.6) is 0 Å². The third-order valence-corrected chi connectivity index (χ3v) is 6.08. The smallest absolute Gasteiger partial charge is 0.309 e. The molecule has 0 spiro atoms. The van der Waals surface area contributed by atoms with Crippen molar-refractivity contribution in [2.45, 2.75) is 20.3 Å². The molecule has 1 atom stereocenters. The molecule has 0 fully saturated rings. The Morgan fingerprint density at radius 2 is 1.48 bits per heavy atom. The van der Waals surface area contributed by atoms with Crippen molar-refractivity contribution in [3.63, 3.8) is 0 Å². The van der Waals surface area contributed by atoms with Gasteiger partial charge in [0.25, 0.3) is 0 Å². The number of hydrogen-bond donors (Lipinski definition) is 0. The molecule has 0 saturated heterocycles. The Balaban J connectivity index is 2.06. The molecule has 0 aliphatic heterocycles. The molecule has 0 radical (unpaired) electrons. The summed E-state index contributed by atoms with van der Waals surface area (Å²) in [5, 5.41) is 0. The first kappa shape index (κ1) is 19.6. The van der Waals surface area contributed by atoms with Gasteiger partial charge in [0.05, 0.1) is 19.4 Å². The number of hydrogen-bond acceptors (Lipinski definition) is 4. The third kappa shape index (κ3) is 5.93. The van der Waals surface area contributed by atoms with Crippen LogP contribution in [0.1, 0.15) is 19.4 Å². The second-order valence-electron chi connectivity index (χ2n) is 5.79. The number of aldehydes is 1. The van der Waals surface area contributed by atoms with Crippen molar-refractivity contribution < 1.29 is 18.4 Å². The number of carbonyl (C=O) groups is 1. The van der Waals surface area contributed by atoms with Crippen LogP contribution < -0.4 is 0 Å². The van der Waals surface area contributed by atoms with Gasteiger partial charge in [0.2, 0.25) is 0 Å². The molecule has 0 aliphatic rings. The minimum absolute atomic E-state index is 0.110. The van der Waals surface area contributed by atoms with Gasteiger partial charge in [-0.1, -0.05) is 54.6 Å². The molecule has 134 valence electrons. The second-order valence-corrected chi connectivity index (χ2v) is 7.90. The van der Waals surface area contributed by atoms with Gasteiger partial charge in [0.1, 0.15) is 6.29 Å². The fourth-order valence-corrected chi connectivity index (χ4v) is 4.61. The van der Waals surface area contributed by atoms with Crippen molar-refractivity contribution in [3.05, 3.63) is 60.2 Å². The summed E-state index contributed by atoms with van der Waals surface area (Å²) in [7, 11) is -3.22. The average Bonchev–Trinajstić information content (AvgIpc) is 2.63. The van der Waals surface area contributed by atoms with Crippen molar-refractivity contribution in [2.24, 2.45) is 5.92 Å². The van der Waals surface area contributed by atoms with E-state index in [1.807, 2.05) is 42.5 Å². The zero-order valence-corrected chi connectivity index (χ0v) is 15.7. The molecule has 2 aromatic rings. The summed E-state index contributed by atoms with van der Waals surface area (Å²) in [4.78, 5) is 11.5. The molecular formula is C20H25O4P. The van der Waals surface area contributed by atoms with Crippen LogP contribution in [-0.4, -0.2) is 25.7 Å². The van der Waals surface area contributed by atoms with E-state index in [4.69, 9.17) is 9.05 Å². The molecule has 2 rings (SSSR count). The summed E-state index contributed by atoms with van der Waals surface area (Å²) in [6.07, 6.45) is 1.47. The van der Waals surface area contributed by atoms with Gasteiger partial charge in [0.15, 0.2) is 0 Å². The van der Waals surface area contributed by atoms with Crippen molar-refractivity contribution >= 4 is 13.9 Å². The van der Waals surface area contributed by atoms with E-state index >= 15 is 0 Å². The second kappa shape index (κ2) is 9.67. The van der Waals surface area contributed by atoms with Gasteiger partial charge in [-0.2, -0.15) is 0 Å². The highest BCUT2D eigenvalue weighted by molar-refractivity contribution is 7.53. The van der Waals surface area contributed by atoms with E-state index in [1.165, 1.54) is 0 Å². The van der Waals surface area contributed by atoms with Crippen LogP contribution in [-0.2, 0) is 24.8 Å². The lowest BCUT2D eigenvalue weighted by atomic mass is 9.99. The molecule has 0 bridgehead atoms. The topological polar surface area (TPSA) is 52.6 Å². The van der Waals surface area contributed by atoms with E-state index < -0.39 is 13.5 Å². The molecule has 0 amide bonds. The predicted octanol–water partition coefficient (Wildman–Crippen LogP) is 4.98. The number of rotatable bonds is 10. The van der Waals surface area contributed by atoms with Gasteiger partial charge in [-0.3, -0.25) is 4.57 Å². The van der Waals surface area contributed by atoms with Crippen molar-refractivity contribution in [2.75, 3.05) is 19.4 Å². The summed E-state index contributed by atoms with van der Waals surface area (Å²) in [6.45, 7) is 4.14. The van der Waals surface area contributed by atoms with E-state index in [0.29, 0.717) is 19.6 Å². The molecule has 0 heterocycles.